The number of anilines is 1. The number of benzene rings is 2. The zero-order chi connectivity index (χ0) is 21.0. The molecular formula is C23H23N3O3S. The molecule has 0 fully saturated rings. The van der Waals surface area contributed by atoms with Crippen molar-refractivity contribution in [3.63, 3.8) is 0 Å². The molecule has 0 spiro atoms. The van der Waals surface area contributed by atoms with Crippen LogP contribution in [0.15, 0.2) is 79.1 Å². The number of hydrogen-bond donors (Lipinski definition) is 1. The van der Waals surface area contributed by atoms with Gasteiger partial charge in [0.2, 0.25) is 10.0 Å². The van der Waals surface area contributed by atoms with Gasteiger partial charge in [0.1, 0.15) is 0 Å². The summed E-state index contributed by atoms with van der Waals surface area (Å²) in [7, 11) is -1.56. The molecule has 2 aromatic carbocycles. The summed E-state index contributed by atoms with van der Waals surface area (Å²) in [5.41, 5.74) is 4.36. The monoisotopic (exact) mass is 421 g/mol. The van der Waals surface area contributed by atoms with E-state index in [4.69, 9.17) is 4.74 Å². The lowest BCUT2D eigenvalue weighted by Gasteiger charge is -2.10. The van der Waals surface area contributed by atoms with Crippen LogP contribution in [0.3, 0.4) is 0 Å². The van der Waals surface area contributed by atoms with Crippen LogP contribution < -0.4 is 4.72 Å². The Kier molecular flexibility index (Phi) is 5.83. The van der Waals surface area contributed by atoms with Crippen molar-refractivity contribution in [3.05, 3.63) is 84.7 Å². The molecule has 154 valence electrons. The van der Waals surface area contributed by atoms with Crippen LogP contribution in [0.5, 0.6) is 0 Å². The second-order valence-corrected chi connectivity index (χ2v) is 8.91. The summed E-state index contributed by atoms with van der Waals surface area (Å²) in [5.74, 6) is -0.127. The lowest BCUT2D eigenvalue weighted by Crippen LogP contribution is -2.20. The predicted molar refractivity (Wildman–Crippen MR) is 120 cm³/mol. The molecule has 30 heavy (non-hydrogen) atoms. The van der Waals surface area contributed by atoms with Crippen molar-refractivity contribution in [2.75, 3.05) is 17.1 Å². The third-order valence-corrected chi connectivity index (χ3v) is 6.12. The summed E-state index contributed by atoms with van der Waals surface area (Å²) in [6, 6.07) is 21.6. The topological polar surface area (TPSA) is 73.2 Å². The van der Waals surface area contributed by atoms with E-state index in [0.717, 1.165) is 27.7 Å². The molecular weight excluding hydrogens is 398 g/mol. The van der Waals surface area contributed by atoms with Gasteiger partial charge in [0, 0.05) is 29.7 Å². The fraction of sp³-hybridized carbons (Fsp3) is 0.174. The van der Waals surface area contributed by atoms with Gasteiger partial charge in [0.25, 0.3) is 0 Å². The van der Waals surface area contributed by atoms with Crippen molar-refractivity contribution in [3.8, 4) is 11.3 Å². The molecule has 7 heteroatoms. The molecule has 0 bridgehead atoms. The summed E-state index contributed by atoms with van der Waals surface area (Å²) >= 11 is 0. The average molecular weight is 422 g/mol. The van der Waals surface area contributed by atoms with Crippen molar-refractivity contribution in [1.29, 1.82) is 0 Å². The first-order chi connectivity index (χ1) is 14.5. The zero-order valence-corrected chi connectivity index (χ0v) is 17.5. The molecule has 0 aliphatic carbocycles. The lowest BCUT2D eigenvalue weighted by molar-refractivity contribution is 0.135. The normalized spacial score (nSPS) is 11.6. The Hall–Kier alpha value is -3.16. The number of aryl methyl sites for hydroxylation is 1. The van der Waals surface area contributed by atoms with E-state index in [-0.39, 0.29) is 12.4 Å². The first-order valence-corrected chi connectivity index (χ1v) is 11.3. The van der Waals surface area contributed by atoms with Crippen molar-refractivity contribution in [1.82, 2.24) is 9.55 Å². The molecule has 2 heterocycles. The predicted octanol–water partition coefficient (Wildman–Crippen LogP) is 4.20. The SMILES string of the molecule is Cn1c(-c2cncc(NS(=O)(=O)CCOCc3ccccc3)c2)cc2ccccc21. The molecule has 0 amide bonds. The number of para-hydroxylation sites is 1. The van der Waals surface area contributed by atoms with Crippen LogP contribution in [0, 0.1) is 0 Å². The second kappa shape index (κ2) is 8.69. The van der Waals surface area contributed by atoms with Gasteiger partial charge in [-0.3, -0.25) is 9.71 Å². The van der Waals surface area contributed by atoms with Gasteiger partial charge in [0.05, 0.1) is 36.5 Å². The molecule has 0 unspecified atom stereocenters. The van der Waals surface area contributed by atoms with E-state index in [1.807, 2.05) is 61.6 Å². The van der Waals surface area contributed by atoms with E-state index < -0.39 is 10.0 Å². The smallest absolute Gasteiger partial charge is 0.235 e. The van der Waals surface area contributed by atoms with E-state index in [9.17, 15) is 8.42 Å². The van der Waals surface area contributed by atoms with Crippen LogP contribution in [-0.4, -0.2) is 30.3 Å². The summed E-state index contributed by atoms with van der Waals surface area (Å²) < 4.78 is 35.1. The molecule has 0 saturated carbocycles. The van der Waals surface area contributed by atoms with Gasteiger partial charge in [-0.2, -0.15) is 0 Å². The Balaban J connectivity index is 1.42. The largest absolute Gasteiger partial charge is 0.376 e. The zero-order valence-electron chi connectivity index (χ0n) is 16.7. The van der Waals surface area contributed by atoms with Crippen LogP contribution >= 0.6 is 0 Å². The van der Waals surface area contributed by atoms with Gasteiger partial charge in [-0.1, -0.05) is 48.5 Å². The molecule has 0 aliphatic rings. The highest BCUT2D eigenvalue weighted by molar-refractivity contribution is 7.92. The van der Waals surface area contributed by atoms with Gasteiger partial charge >= 0.3 is 0 Å². The quantitative estimate of drug-likeness (QED) is 0.433. The van der Waals surface area contributed by atoms with Crippen molar-refractivity contribution in [2.24, 2.45) is 7.05 Å². The number of aromatic nitrogens is 2. The fourth-order valence-electron chi connectivity index (χ4n) is 3.37. The van der Waals surface area contributed by atoms with Crippen LogP contribution in [0.2, 0.25) is 0 Å². The number of nitrogens with one attached hydrogen (secondary N) is 1. The number of fused-ring (bicyclic) bond motifs is 1. The molecule has 0 saturated heterocycles. The number of rotatable bonds is 8. The number of sulfonamides is 1. The highest BCUT2D eigenvalue weighted by Crippen LogP contribution is 2.28. The fourth-order valence-corrected chi connectivity index (χ4v) is 4.28. The molecule has 4 aromatic rings. The van der Waals surface area contributed by atoms with Gasteiger partial charge in [0.15, 0.2) is 0 Å². The van der Waals surface area contributed by atoms with Crippen LogP contribution in [0.1, 0.15) is 5.56 Å². The maximum Gasteiger partial charge on any atom is 0.235 e. The van der Waals surface area contributed by atoms with E-state index >= 15 is 0 Å². The van der Waals surface area contributed by atoms with Gasteiger partial charge < -0.3 is 9.30 Å². The Morgan fingerprint density at radius 3 is 2.57 bits per heavy atom. The van der Waals surface area contributed by atoms with E-state index in [2.05, 4.69) is 20.3 Å². The summed E-state index contributed by atoms with van der Waals surface area (Å²) in [6.45, 7) is 0.495. The molecule has 0 aliphatic heterocycles. The molecule has 6 nitrogen and oxygen atoms in total. The Morgan fingerprint density at radius 2 is 1.77 bits per heavy atom. The third kappa shape index (κ3) is 4.69. The highest BCUT2D eigenvalue weighted by Gasteiger charge is 2.13. The maximum atomic E-state index is 12.4. The molecule has 1 N–H and O–H groups in total. The van der Waals surface area contributed by atoms with Crippen molar-refractivity contribution in [2.45, 2.75) is 6.61 Å². The molecule has 0 radical (unpaired) electrons. The van der Waals surface area contributed by atoms with E-state index in [1.54, 1.807) is 12.3 Å². The lowest BCUT2D eigenvalue weighted by atomic mass is 10.2. The minimum absolute atomic E-state index is 0.112. The summed E-state index contributed by atoms with van der Waals surface area (Å²) in [6.07, 6.45) is 3.24. The Bertz CT molecular complexity index is 1250. The van der Waals surface area contributed by atoms with Gasteiger partial charge in [-0.15, -0.1) is 0 Å². The number of nitrogens with zero attached hydrogens (tertiary/aromatic N) is 2. The maximum absolute atomic E-state index is 12.4. The minimum atomic E-state index is -3.54. The average Bonchev–Trinajstić information content (AvgIpc) is 3.09. The van der Waals surface area contributed by atoms with Gasteiger partial charge in [-0.25, -0.2) is 8.42 Å². The van der Waals surface area contributed by atoms with Crippen LogP contribution in [-0.2, 0) is 28.4 Å². The standard InChI is InChI=1S/C23H23N3O3S/c1-26-22-10-6-5-9-19(22)14-23(26)20-13-21(16-24-15-20)25-30(27,28)12-11-29-17-18-7-3-2-4-8-18/h2-10,13-16,25H,11-12,17H2,1H3. The highest BCUT2D eigenvalue weighted by atomic mass is 32.2. The first-order valence-electron chi connectivity index (χ1n) is 9.64. The van der Waals surface area contributed by atoms with Crippen LogP contribution in [0.4, 0.5) is 5.69 Å². The number of ether oxygens (including phenoxy) is 1. The van der Waals surface area contributed by atoms with Crippen LogP contribution in [0.25, 0.3) is 22.2 Å². The van der Waals surface area contributed by atoms with Crippen molar-refractivity contribution >= 4 is 26.6 Å². The molecule has 2 aromatic heterocycles. The summed E-state index contributed by atoms with van der Waals surface area (Å²) in [5, 5.41) is 1.12. The molecule has 4 rings (SSSR count). The first kappa shape index (κ1) is 20.1. The Labute approximate surface area is 176 Å². The van der Waals surface area contributed by atoms with E-state index in [0.29, 0.717) is 12.3 Å². The van der Waals surface area contributed by atoms with Crippen molar-refractivity contribution < 1.29 is 13.2 Å². The number of hydrogen-bond acceptors (Lipinski definition) is 4. The summed E-state index contributed by atoms with van der Waals surface area (Å²) in [4.78, 5) is 4.22. The minimum Gasteiger partial charge on any atom is -0.376 e. The van der Waals surface area contributed by atoms with Gasteiger partial charge in [-0.05, 0) is 23.8 Å². The third-order valence-electron chi connectivity index (χ3n) is 4.87. The molecule has 0 atom stereocenters. The Morgan fingerprint density at radius 1 is 1.00 bits per heavy atom. The number of pyridine rings is 1. The second-order valence-electron chi connectivity index (χ2n) is 7.07. The van der Waals surface area contributed by atoms with E-state index in [1.165, 1.54) is 6.20 Å².